The van der Waals surface area contributed by atoms with Crippen LogP contribution in [0.1, 0.15) is 17.9 Å². The molecule has 0 spiro atoms. The van der Waals surface area contributed by atoms with Gasteiger partial charge in [-0.05, 0) is 37.1 Å². The molecule has 1 atom stereocenters. The number of likely N-dealkylation sites (N-methyl/N-ethyl adjacent to an activating group) is 1. The second kappa shape index (κ2) is 4.46. The zero-order chi connectivity index (χ0) is 12.5. The Kier molecular flexibility index (Phi) is 2.80. The zero-order valence-corrected chi connectivity index (χ0v) is 10.5. The van der Waals surface area contributed by atoms with Crippen LogP contribution in [-0.2, 0) is 0 Å². The van der Waals surface area contributed by atoms with E-state index < -0.39 is 0 Å². The van der Waals surface area contributed by atoms with Crippen molar-refractivity contribution in [3.8, 4) is 11.1 Å². The first kappa shape index (κ1) is 11.3. The number of likely N-dealkylation sites (tertiary alicyclic amines) is 1. The van der Waals surface area contributed by atoms with Crippen molar-refractivity contribution in [1.29, 1.82) is 0 Å². The number of hydrogen-bond acceptors (Lipinski definition) is 4. The SMILES string of the molecule is CN1CCC(c2ccccc2-c2cnoc2N)C1. The number of rotatable bonds is 2. The smallest absolute Gasteiger partial charge is 0.229 e. The lowest BCUT2D eigenvalue weighted by molar-refractivity contribution is 0.411. The third-order valence-corrected chi connectivity index (χ3v) is 3.68. The first-order chi connectivity index (χ1) is 8.75. The van der Waals surface area contributed by atoms with Gasteiger partial charge in [-0.15, -0.1) is 0 Å². The van der Waals surface area contributed by atoms with Gasteiger partial charge in [-0.2, -0.15) is 0 Å². The highest BCUT2D eigenvalue weighted by molar-refractivity contribution is 5.75. The van der Waals surface area contributed by atoms with Crippen LogP contribution in [0.2, 0.25) is 0 Å². The summed E-state index contributed by atoms with van der Waals surface area (Å²) in [5.74, 6) is 0.967. The summed E-state index contributed by atoms with van der Waals surface area (Å²) in [7, 11) is 2.16. The molecule has 4 heteroatoms. The maximum absolute atomic E-state index is 5.83. The number of nitrogens with zero attached hydrogens (tertiary/aromatic N) is 2. The van der Waals surface area contributed by atoms with E-state index in [2.05, 4.69) is 35.3 Å². The number of hydrogen-bond donors (Lipinski definition) is 1. The molecule has 2 heterocycles. The van der Waals surface area contributed by atoms with E-state index >= 15 is 0 Å². The quantitative estimate of drug-likeness (QED) is 0.879. The molecule has 2 N–H and O–H groups in total. The van der Waals surface area contributed by atoms with Gasteiger partial charge in [-0.25, -0.2) is 0 Å². The summed E-state index contributed by atoms with van der Waals surface area (Å²) in [6, 6.07) is 8.40. The summed E-state index contributed by atoms with van der Waals surface area (Å²) in [6.07, 6.45) is 2.89. The summed E-state index contributed by atoms with van der Waals surface area (Å²) < 4.78 is 4.98. The van der Waals surface area contributed by atoms with Crippen molar-refractivity contribution in [2.24, 2.45) is 0 Å². The Morgan fingerprint density at radius 2 is 2.17 bits per heavy atom. The Labute approximate surface area is 106 Å². The lowest BCUT2D eigenvalue weighted by atomic mass is 9.91. The molecule has 1 aliphatic heterocycles. The summed E-state index contributed by atoms with van der Waals surface area (Å²) in [6.45, 7) is 2.25. The van der Waals surface area contributed by atoms with Crippen LogP contribution in [-0.4, -0.2) is 30.2 Å². The van der Waals surface area contributed by atoms with Crippen LogP contribution in [0.4, 0.5) is 5.88 Å². The summed E-state index contributed by atoms with van der Waals surface area (Å²) >= 11 is 0. The lowest BCUT2D eigenvalue weighted by Crippen LogP contribution is -2.13. The molecule has 0 saturated carbocycles. The minimum atomic E-state index is 0.397. The van der Waals surface area contributed by atoms with Gasteiger partial charge >= 0.3 is 0 Å². The van der Waals surface area contributed by atoms with Crippen LogP contribution in [0.15, 0.2) is 35.0 Å². The van der Waals surface area contributed by atoms with Crippen LogP contribution in [0.3, 0.4) is 0 Å². The van der Waals surface area contributed by atoms with E-state index in [1.165, 1.54) is 12.0 Å². The van der Waals surface area contributed by atoms with E-state index in [-0.39, 0.29) is 0 Å². The number of benzene rings is 1. The fourth-order valence-electron chi connectivity index (χ4n) is 2.74. The van der Waals surface area contributed by atoms with Gasteiger partial charge in [0.2, 0.25) is 5.88 Å². The van der Waals surface area contributed by atoms with Crippen LogP contribution < -0.4 is 5.73 Å². The van der Waals surface area contributed by atoms with E-state index in [9.17, 15) is 0 Å². The van der Waals surface area contributed by atoms with Gasteiger partial charge in [0.15, 0.2) is 0 Å². The maximum Gasteiger partial charge on any atom is 0.229 e. The van der Waals surface area contributed by atoms with E-state index in [1.54, 1.807) is 6.20 Å². The molecule has 0 amide bonds. The molecule has 1 aromatic carbocycles. The Balaban J connectivity index is 2.03. The molecule has 1 fully saturated rings. The average molecular weight is 243 g/mol. The molecule has 3 rings (SSSR count). The van der Waals surface area contributed by atoms with Gasteiger partial charge < -0.3 is 15.2 Å². The van der Waals surface area contributed by atoms with Crippen molar-refractivity contribution in [3.05, 3.63) is 36.0 Å². The predicted molar refractivity (Wildman–Crippen MR) is 71.2 cm³/mol. The summed E-state index contributed by atoms with van der Waals surface area (Å²) in [5, 5.41) is 3.77. The zero-order valence-electron chi connectivity index (χ0n) is 10.5. The first-order valence-corrected chi connectivity index (χ1v) is 6.23. The normalized spacial score (nSPS) is 20.4. The van der Waals surface area contributed by atoms with Gasteiger partial charge in [0.05, 0.1) is 11.8 Å². The molecular weight excluding hydrogens is 226 g/mol. The number of aromatic nitrogens is 1. The van der Waals surface area contributed by atoms with Crippen LogP contribution in [0.5, 0.6) is 0 Å². The summed E-state index contributed by atoms with van der Waals surface area (Å²) in [4.78, 5) is 2.36. The van der Waals surface area contributed by atoms with E-state index in [0.29, 0.717) is 11.8 Å². The molecule has 18 heavy (non-hydrogen) atoms. The molecule has 94 valence electrons. The highest BCUT2D eigenvalue weighted by Gasteiger charge is 2.24. The third kappa shape index (κ3) is 1.88. The number of anilines is 1. The predicted octanol–water partition coefficient (Wildman–Crippen LogP) is 2.34. The molecule has 1 aliphatic rings. The molecule has 1 saturated heterocycles. The van der Waals surface area contributed by atoms with Gasteiger partial charge in [-0.1, -0.05) is 29.4 Å². The fourth-order valence-corrected chi connectivity index (χ4v) is 2.74. The molecule has 1 unspecified atom stereocenters. The van der Waals surface area contributed by atoms with Crippen LogP contribution in [0.25, 0.3) is 11.1 Å². The molecule has 0 aliphatic carbocycles. The highest BCUT2D eigenvalue weighted by atomic mass is 16.5. The Hall–Kier alpha value is -1.81. The molecule has 1 aromatic heterocycles. The van der Waals surface area contributed by atoms with Crippen LogP contribution >= 0.6 is 0 Å². The standard InChI is InChI=1S/C14H17N3O/c1-17-7-6-10(9-17)11-4-2-3-5-12(11)13-8-16-18-14(13)15/h2-5,8,10H,6-7,9,15H2,1H3. The van der Waals surface area contributed by atoms with Gasteiger partial charge in [0.25, 0.3) is 0 Å². The Morgan fingerprint density at radius 1 is 1.33 bits per heavy atom. The van der Waals surface area contributed by atoms with Crippen molar-refractivity contribution in [1.82, 2.24) is 10.1 Å². The van der Waals surface area contributed by atoms with Crippen molar-refractivity contribution < 1.29 is 4.52 Å². The van der Waals surface area contributed by atoms with Crippen molar-refractivity contribution >= 4 is 5.88 Å². The number of nitrogens with two attached hydrogens (primary N) is 1. The molecule has 2 aromatic rings. The Bertz CT molecular complexity index is 549. The second-order valence-corrected chi connectivity index (χ2v) is 4.94. The van der Waals surface area contributed by atoms with E-state index in [4.69, 9.17) is 10.3 Å². The largest absolute Gasteiger partial charge is 0.367 e. The van der Waals surface area contributed by atoms with Crippen molar-refractivity contribution in [2.45, 2.75) is 12.3 Å². The molecule has 0 bridgehead atoms. The van der Waals surface area contributed by atoms with Crippen molar-refractivity contribution in [3.63, 3.8) is 0 Å². The average Bonchev–Trinajstić information content (AvgIpc) is 2.98. The second-order valence-electron chi connectivity index (χ2n) is 4.94. The fraction of sp³-hybridized carbons (Fsp3) is 0.357. The molecule has 4 nitrogen and oxygen atoms in total. The topological polar surface area (TPSA) is 55.3 Å². The van der Waals surface area contributed by atoms with Gasteiger partial charge in [-0.3, -0.25) is 0 Å². The Morgan fingerprint density at radius 3 is 2.83 bits per heavy atom. The highest BCUT2D eigenvalue weighted by Crippen LogP contribution is 2.36. The number of nitrogen functional groups attached to an aromatic ring is 1. The van der Waals surface area contributed by atoms with Crippen LogP contribution in [0, 0.1) is 0 Å². The monoisotopic (exact) mass is 243 g/mol. The lowest BCUT2D eigenvalue weighted by Gasteiger charge is -2.15. The minimum Gasteiger partial charge on any atom is -0.367 e. The maximum atomic E-state index is 5.83. The van der Waals surface area contributed by atoms with Crippen molar-refractivity contribution in [2.75, 3.05) is 25.9 Å². The van der Waals surface area contributed by atoms with E-state index in [0.717, 1.165) is 24.2 Å². The minimum absolute atomic E-state index is 0.397. The van der Waals surface area contributed by atoms with Gasteiger partial charge in [0, 0.05) is 6.54 Å². The first-order valence-electron chi connectivity index (χ1n) is 6.23. The molecular formula is C14H17N3O. The van der Waals surface area contributed by atoms with E-state index in [1.807, 2.05) is 6.07 Å². The third-order valence-electron chi connectivity index (χ3n) is 3.68. The molecule has 0 radical (unpaired) electrons. The van der Waals surface area contributed by atoms with Gasteiger partial charge in [0.1, 0.15) is 0 Å². The summed E-state index contributed by atoms with van der Waals surface area (Å²) in [5.41, 5.74) is 9.22.